The average molecular weight is 305 g/mol. The highest BCUT2D eigenvalue weighted by atomic mass is 16.5. The Morgan fingerprint density at radius 2 is 2.05 bits per heavy atom. The summed E-state index contributed by atoms with van der Waals surface area (Å²) in [4.78, 5) is 14.8. The lowest BCUT2D eigenvalue weighted by Gasteiger charge is -2.34. The molecule has 5 heteroatoms. The molecule has 2 N–H and O–H groups in total. The van der Waals surface area contributed by atoms with Crippen LogP contribution in [-0.4, -0.2) is 44.8 Å². The van der Waals surface area contributed by atoms with Crippen LogP contribution in [-0.2, 0) is 9.53 Å². The molecule has 0 spiro atoms. The normalized spacial score (nSPS) is 17.3. The summed E-state index contributed by atoms with van der Waals surface area (Å²) < 4.78 is 5.57. The minimum Gasteiger partial charge on any atom is -0.372 e. The second kappa shape index (κ2) is 7.11. The fraction of sp³-hybridized carbons (Fsp3) is 0.588. The predicted octanol–water partition coefficient (Wildman–Crippen LogP) is 2.24. The third-order valence-corrected chi connectivity index (χ3v) is 4.50. The molecule has 0 unspecified atom stereocenters. The van der Waals surface area contributed by atoms with Crippen molar-refractivity contribution in [2.45, 2.75) is 38.3 Å². The molecule has 0 atom stereocenters. The van der Waals surface area contributed by atoms with Crippen LogP contribution >= 0.6 is 0 Å². The molecule has 1 amide bonds. The molecule has 0 aromatic heterocycles. The van der Waals surface area contributed by atoms with E-state index in [2.05, 4.69) is 36.4 Å². The van der Waals surface area contributed by atoms with Gasteiger partial charge in [0.1, 0.15) is 5.60 Å². The molecule has 0 aliphatic carbocycles. The lowest BCUT2D eigenvalue weighted by Crippen LogP contribution is -2.51. The van der Waals surface area contributed by atoms with Crippen molar-refractivity contribution >= 4 is 17.3 Å². The van der Waals surface area contributed by atoms with E-state index >= 15 is 0 Å². The Morgan fingerprint density at radius 3 is 2.64 bits per heavy atom. The maximum Gasteiger partial charge on any atom is 0.256 e. The summed E-state index contributed by atoms with van der Waals surface area (Å²) in [5, 5.41) is 6.28. The number of carbonyl (C=O) groups is 1. The number of rotatable bonds is 5. The second-order valence-corrected chi connectivity index (χ2v) is 6.16. The van der Waals surface area contributed by atoms with Gasteiger partial charge >= 0.3 is 0 Å². The highest BCUT2D eigenvalue weighted by Gasteiger charge is 2.39. The third kappa shape index (κ3) is 3.59. The first kappa shape index (κ1) is 16.8. The van der Waals surface area contributed by atoms with Crippen molar-refractivity contribution in [1.82, 2.24) is 5.32 Å². The van der Waals surface area contributed by atoms with Crippen LogP contribution in [0.1, 0.15) is 26.7 Å². The fourth-order valence-electron chi connectivity index (χ4n) is 2.70. The summed E-state index contributed by atoms with van der Waals surface area (Å²) >= 11 is 0. The molecule has 22 heavy (non-hydrogen) atoms. The van der Waals surface area contributed by atoms with Gasteiger partial charge in [0.25, 0.3) is 5.91 Å². The lowest BCUT2D eigenvalue weighted by molar-refractivity contribution is -0.140. The Labute approximate surface area is 133 Å². The zero-order valence-electron chi connectivity index (χ0n) is 14.0. The summed E-state index contributed by atoms with van der Waals surface area (Å²) in [6.07, 6.45) is 1.39. The molecule has 2 rings (SSSR count). The molecule has 1 saturated heterocycles. The second-order valence-electron chi connectivity index (χ2n) is 6.16. The molecule has 1 fully saturated rings. The van der Waals surface area contributed by atoms with Gasteiger partial charge in [-0.25, -0.2) is 0 Å². The topological polar surface area (TPSA) is 53.6 Å². The number of carbonyl (C=O) groups excluding carboxylic acids is 1. The average Bonchev–Trinajstić information content (AvgIpc) is 2.54. The van der Waals surface area contributed by atoms with Gasteiger partial charge < -0.3 is 20.3 Å². The van der Waals surface area contributed by atoms with E-state index in [0.717, 1.165) is 24.5 Å². The van der Waals surface area contributed by atoms with E-state index < -0.39 is 5.60 Å². The largest absolute Gasteiger partial charge is 0.372 e. The minimum absolute atomic E-state index is 0.0548. The maximum atomic E-state index is 12.7. The molecule has 122 valence electrons. The first-order chi connectivity index (χ1) is 10.5. The van der Waals surface area contributed by atoms with Gasteiger partial charge in [0.2, 0.25) is 0 Å². The lowest BCUT2D eigenvalue weighted by atomic mass is 9.91. The van der Waals surface area contributed by atoms with Crippen molar-refractivity contribution in [2.75, 3.05) is 37.5 Å². The summed E-state index contributed by atoms with van der Waals surface area (Å²) in [5.41, 5.74) is 1.18. The van der Waals surface area contributed by atoms with Gasteiger partial charge in [0.05, 0.1) is 0 Å². The Balaban J connectivity index is 2.12. The van der Waals surface area contributed by atoms with Crippen LogP contribution in [0.4, 0.5) is 11.4 Å². The summed E-state index contributed by atoms with van der Waals surface area (Å²) in [6, 6.07) is 8.33. The smallest absolute Gasteiger partial charge is 0.256 e. The van der Waals surface area contributed by atoms with Crippen molar-refractivity contribution in [3.63, 3.8) is 0 Å². The van der Waals surface area contributed by atoms with Crippen LogP contribution in [0, 0.1) is 0 Å². The van der Waals surface area contributed by atoms with Crippen molar-refractivity contribution in [1.29, 1.82) is 0 Å². The van der Waals surface area contributed by atoms with Gasteiger partial charge in [0.15, 0.2) is 0 Å². The van der Waals surface area contributed by atoms with Crippen molar-refractivity contribution < 1.29 is 9.53 Å². The van der Waals surface area contributed by atoms with Crippen molar-refractivity contribution in [2.24, 2.45) is 0 Å². The Bertz CT molecular complexity index is 510. The van der Waals surface area contributed by atoms with E-state index in [4.69, 9.17) is 4.74 Å². The van der Waals surface area contributed by atoms with Crippen molar-refractivity contribution in [3.05, 3.63) is 24.3 Å². The molecule has 1 aliphatic rings. The number of piperidine rings is 1. The molecule has 1 aromatic rings. The molecular formula is C17H27N3O2. The van der Waals surface area contributed by atoms with Crippen LogP contribution in [0.15, 0.2) is 24.3 Å². The Kier molecular flexibility index (Phi) is 5.42. The summed E-state index contributed by atoms with van der Waals surface area (Å²) in [5.74, 6) is -0.0548. The van der Waals surface area contributed by atoms with Crippen LogP contribution in [0.3, 0.4) is 0 Å². The number of nitrogens with zero attached hydrogens (tertiary/aromatic N) is 1. The van der Waals surface area contributed by atoms with Crippen molar-refractivity contribution in [3.8, 4) is 0 Å². The highest BCUT2D eigenvalue weighted by molar-refractivity contribution is 5.97. The highest BCUT2D eigenvalue weighted by Crippen LogP contribution is 2.26. The number of nitrogens with one attached hydrogen (secondary N) is 2. The SMILES string of the molecule is COC1(C(=O)Nc2cccc(N(C)C(C)C)c2)CCNCC1. The van der Waals surface area contributed by atoms with Gasteiger partial charge in [-0.2, -0.15) is 0 Å². The zero-order chi connectivity index (χ0) is 16.2. The van der Waals surface area contributed by atoms with E-state index in [-0.39, 0.29) is 5.91 Å². The first-order valence-corrected chi connectivity index (χ1v) is 7.89. The van der Waals surface area contributed by atoms with E-state index in [1.807, 2.05) is 24.3 Å². The minimum atomic E-state index is -0.717. The van der Waals surface area contributed by atoms with Crippen LogP contribution in [0.2, 0.25) is 0 Å². The predicted molar refractivity (Wildman–Crippen MR) is 90.5 cm³/mol. The number of benzene rings is 1. The van der Waals surface area contributed by atoms with Gasteiger partial charge in [0, 0.05) is 31.6 Å². The number of amides is 1. The summed E-state index contributed by atoms with van der Waals surface area (Å²) in [7, 11) is 3.67. The van der Waals surface area contributed by atoms with E-state index in [1.165, 1.54) is 0 Å². The molecule has 1 aliphatic heterocycles. The quantitative estimate of drug-likeness (QED) is 0.876. The molecule has 5 nitrogen and oxygen atoms in total. The number of ether oxygens (including phenoxy) is 1. The van der Waals surface area contributed by atoms with E-state index in [9.17, 15) is 4.79 Å². The number of hydrogen-bond acceptors (Lipinski definition) is 4. The maximum absolute atomic E-state index is 12.7. The Morgan fingerprint density at radius 1 is 1.36 bits per heavy atom. The van der Waals surface area contributed by atoms with Crippen LogP contribution in [0.5, 0.6) is 0 Å². The van der Waals surface area contributed by atoms with Gasteiger partial charge in [-0.05, 0) is 58.0 Å². The molecule has 0 bridgehead atoms. The zero-order valence-corrected chi connectivity index (χ0v) is 14.0. The molecule has 1 heterocycles. The number of methoxy groups -OCH3 is 1. The number of hydrogen-bond donors (Lipinski definition) is 2. The van der Waals surface area contributed by atoms with Gasteiger partial charge in [-0.15, -0.1) is 0 Å². The van der Waals surface area contributed by atoms with E-state index in [1.54, 1.807) is 7.11 Å². The monoisotopic (exact) mass is 305 g/mol. The molecule has 1 aromatic carbocycles. The van der Waals surface area contributed by atoms with E-state index in [0.29, 0.717) is 18.9 Å². The Hall–Kier alpha value is -1.59. The molecule has 0 saturated carbocycles. The standard InChI is InChI=1S/C17H27N3O2/c1-13(2)20(3)15-7-5-6-14(12-15)19-16(21)17(22-4)8-10-18-11-9-17/h5-7,12-13,18H,8-11H2,1-4H3,(H,19,21). The number of anilines is 2. The first-order valence-electron chi connectivity index (χ1n) is 7.89. The third-order valence-electron chi connectivity index (χ3n) is 4.50. The van der Waals surface area contributed by atoms with Gasteiger partial charge in [-0.3, -0.25) is 4.79 Å². The summed E-state index contributed by atoms with van der Waals surface area (Å²) in [6.45, 7) is 5.88. The van der Waals surface area contributed by atoms with Gasteiger partial charge in [-0.1, -0.05) is 6.07 Å². The fourth-order valence-corrected chi connectivity index (χ4v) is 2.70. The van der Waals surface area contributed by atoms with Crippen LogP contribution < -0.4 is 15.5 Å². The molecular weight excluding hydrogens is 278 g/mol. The molecule has 0 radical (unpaired) electrons. The van der Waals surface area contributed by atoms with Crippen LogP contribution in [0.25, 0.3) is 0 Å².